The van der Waals surface area contributed by atoms with Gasteiger partial charge in [-0.2, -0.15) is 0 Å². The molecule has 262 valence electrons. The minimum atomic E-state index is -1.14. The highest BCUT2D eigenvalue weighted by Gasteiger charge is 2.36. The predicted molar refractivity (Wildman–Crippen MR) is 180 cm³/mol. The van der Waals surface area contributed by atoms with E-state index in [4.69, 9.17) is 23.7 Å². The third-order valence-corrected chi connectivity index (χ3v) is 8.87. The Balaban J connectivity index is 2.09. The average Bonchev–Trinajstić information content (AvgIpc) is 3.07. The third-order valence-electron chi connectivity index (χ3n) is 7.63. The van der Waals surface area contributed by atoms with Crippen molar-refractivity contribution >= 4 is 35.1 Å². The molecule has 0 saturated heterocycles. The van der Waals surface area contributed by atoms with Crippen LogP contribution >= 0.6 is 11.8 Å². The van der Waals surface area contributed by atoms with Gasteiger partial charge in [-0.25, -0.2) is 4.79 Å². The second-order valence-electron chi connectivity index (χ2n) is 10.9. The lowest BCUT2D eigenvalue weighted by molar-refractivity contribution is 0.0591. The van der Waals surface area contributed by atoms with Gasteiger partial charge in [0.15, 0.2) is 5.78 Å². The average molecular weight is 707 g/mol. The highest BCUT2D eigenvalue weighted by atomic mass is 32.2. The van der Waals surface area contributed by atoms with Gasteiger partial charge >= 0.3 is 5.97 Å². The number of rotatable bonds is 12. The van der Waals surface area contributed by atoms with E-state index in [2.05, 4.69) is 0 Å². The minimum Gasteiger partial charge on any atom is -0.507 e. The molecule has 0 amide bonds. The maximum Gasteiger partial charge on any atom is 0.340 e. The van der Waals surface area contributed by atoms with Gasteiger partial charge in [0.05, 0.1) is 62.0 Å². The summed E-state index contributed by atoms with van der Waals surface area (Å²) in [6.07, 6.45) is 0. The second-order valence-corrected chi connectivity index (χ2v) is 11.9. The molecule has 4 aromatic carbocycles. The van der Waals surface area contributed by atoms with Crippen molar-refractivity contribution in [3.05, 3.63) is 80.9 Å². The SMILES string of the molecule is COC(=O)c1c(Sc2c(O)cc(OC)c(C(=O)c3c(O)cc(C)cc3OC)c2C(C)=O)c(O)cc(OC)c1C(=O)c1c(O)cc(C)cc1OC. The summed E-state index contributed by atoms with van der Waals surface area (Å²) in [6.45, 7) is 4.44. The topological polar surface area (TPSA) is 195 Å². The molecule has 0 spiro atoms. The molecule has 4 aromatic rings. The van der Waals surface area contributed by atoms with E-state index in [1.807, 2.05) is 0 Å². The number of esters is 1. The lowest BCUT2D eigenvalue weighted by atomic mass is 9.93. The number of Topliss-reactive ketones (excluding diaryl/α,β-unsaturated/α-hetero) is 1. The quantitative estimate of drug-likeness (QED) is 0.102. The van der Waals surface area contributed by atoms with E-state index in [1.165, 1.54) is 52.7 Å². The van der Waals surface area contributed by atoms with Crippen molar-refractivity contribution in [2.24, 2.45) is 0 Å². The zero-order valence-electron chi connectivity index (χ0n) is 28.3. The zero-order chi connectivity index (χ0) is 37.2. The van der Waals surface area contributed by atoms with Gasteiger partial charge in [0.25, 0.3) is 0 Å². The summed E-state index contributed by atoms with van der Waals surface area (Å²) in [5, 5.41) is 44.2. The smallest absolute Gasteiger partial charge is 0.340 e. The van der Waals surface area contributed by atoms with Crippen molar-refractivity contribution < 1.29 is 63.3 Å². The van der Waals surface area contributed by atoms with Crippen LogP contribution in [0, 0.1) is 13.8 Å². The summed E-state index contributed by atoms with van der Waals surface area (Å²) < 4.78 is 26.5. The van der Waals surface area contributed by atoms with Crippen molar-refractivity contribution in [3.8, 4) is 46.0 Å². The van der Waals surface area contributed by atoms with Gasteiger partial charge < -0.3 is 44.1 Å². The molecule has 0 radical (unpaired) electrons. The highest BCUT2D eigenvalue weighted by molar-refractivity contribution is 7.99. The lowest BCUT2D eigenvalue weighted by Gasteiger charge is -2.21. The first-order valence-electron chi connectivity index (χ1n) is 14.6. The Morgan fingerprint density at radius 3 is 1.22 bits per heavy atom. The standard InChI is InChI=1S/C36H34O13S/c1-15-9-18(38)27(22(11-15)45-4)32(42)29-24(47-6)13-20(40)34(26(29)17(3)37)50-35-21(41)14-25(48-7)30(31(35)36(44)49-8)33(43)28-19(39)10-16(2)12-23(28)46-5/h9-14,38-41H,1-8H3. The van der Waals surface area contributed by atoms with Crippen LogP contribution < -0.4 is 18.9 Å². The first-order valence-corrected chi connectivity index (χ1v) is 15.5. The Labute approximate surface area is 290 Å². The first kappa shape index (κ1) is 36.9. The van der Waals surface area contributed by atoms with E-state index in [-0.39, 0.29) is 49.5 Å². The summed E-state index contributed by atoms with van der Waals surface area (Å²) in [5.41, 5.74) is -1.30. The van der Waals surface area contributed by atoms with Gasteiger partial charge in [0.2, 0.25) is 11.6 Å². The first-order chi connectivity index (χ1) is 23.6. The third kappa shape index (κ3) is 6.57. The molecule has 0 aliphatic rings. The van der Waals surface area contributed by atoms with Crippen LogP contribution in [0.2, 0.25) is 0 Å². The number of carbonyl (C=O) groups is 4. The van der Waals surface area contributed by atoms with Crippen LogP contribution in [0.1, 0.15) is 70.6 Å². The van der Waals surface area contributed by atoms with Crippen molar-refractivity contribution in [1.29, 1.82) is 0 Å². The number of benzene rings is 4. The number of aromatic hydroxyl groups is 4. The van der Waals surface area contributed by atoms with Crippen LogP contribution in [0.15, 0.2) is 46.2 Å². The molecule has 0 saturated carbocycles. The Morgan fingerprint density at radius 2 is 0.860 bits per heavy atom. The molecule has 0 aromatic heterocycles. The molecule has 0 atom stereocenters. The van der Waals surface area contributed by atoms with Crippen LogP contribution in [-0.2, 0) is 4.74 Å². The Kier molecular flexibility index (Phi) is 10.9. The van der Waals surface area contributed by atoms with E-state index in [0.29, 0.717) is 22.9 Å². The summed E-state index contributed by atoms with van der Waals surface area (Å²) in [4.78, 5) is 54.6. The lowest BCUT2D eigenvalue weighted by Crippen LogP contribution is -2.16. The molecule has 0 heterocycles. The van der Waals surface area contributed by atoms with Gasteiger partial charge in [0, 0.05) is 17.7 Å². The largest absolute Gasteiger partial charge is 0.507 e. The van der Waals surface area contributed by atoms with E-state index in [9.17, 15) is 39.6 Å². The van der Waals surface area contributed by atoms with Gasteiger partial charge in [-0.05, 0) is 56.2 Å². The van der Waals surface area contributed by atoms with Crippen molar-refractivity contribution in [2.75, 3.05) is 35.5 Å². The molecule has 0 aliphatic carbocycles. The Hall–Kier alpha value is -5.89. The highest BCUT2D eigenvalue weighted by Crippen LogP contribution is 2.50. The van der Waals surface area contributed by atoms with Crippen LogP contribution in [0.5, 0.6) is 46.0 Å². The fraction of sp³-hybridized carbons (Fsp3) is 0.222. The second kappa shape index (κ2) is 14.7. The fourth-order valence-corrected chi connectivity index (χ4v) is 6.63. The number of phenolic OH excluding ortho intramolecular Hbond substituents is 4. The van der Waals surface area contributed by atoms with E-state index >= 15 is 0 Å². The van der Waals surface area contributed by atoms with Gasteiger partial charge in [0.1, 0.15) is 57.1 Å². The molecule has 4 N–H and O–H groups in total. The number of ketones is 3. The summed E-state index contributed by atoms with van der Waals surface area (Å²) in [5.74, 6) is -6.51. The van der Waals surface area contributed by atoms with Crippen LogP contribution in [0.25, 0.3) is 0 Å². The number of phenols is 4. The monoisotopic (exact) mass is 706 g/mol. The number of aryl methyl sites for hydroxylation is 2. The van der Waals surface area contributed by atoms with Gasteiger partial charge in [-0.3, -0.25) is 14.4 Å². The fourth-order valence-electron chi connectivity index (χ4n) is 5.47. The molecular formula is C36H34O13S. The van der Waals surface area contributed by atoms with E-state index < -0.39 is 63.0 Å². The van der Waals surface area contributed by atoms with Crippen LogP contribution in [0.3, 0.4) is 0 Å². The van der Waals surface area contributed by atoms with E-state index in [0.717, 1.165) is 26.2 Å². The van der Waals surface area contributed by atoms with Crippen LogP contribution in [0.4, 0.5) is 0 Å². The summed E-state index contributed by atoms with van der Waals surface area (Å²) in [6, 6.07) is 7.68. The summed E-state index contributed by atoms with van der Waals surface area (Å²) in [7, 11) is 5.97. The Morgan fingerprint density at radius 1 is 0.500 bits per heavy atom. The van der Waals surface area contributed by atoms with E-state index in [1.54, 1.807) is 13.8 Å². The van der Waals surface area contributed by atoms with Gasteiger partial charge in [-0.1, -0.05) is 11.8 Å². The molecule has 13 nitrogen and oxygen atoms in total. The van der Waals surface area contributed by atoms with Crippen molar-refractivity contribution in [3.63, 3.8) is 0 Å². The molecule has 0 unspecified atom stereocenters. The molecule has 0 bridgehead atoms. The number of ether oxygens (including phenoxy) is 5. The molecular weight excluding hydrogens is 672 g/mol. The Bertz CT molecular complexity index is 2070. The number of hydrogen-bond acceptors (Lipinski definition) is 14. The molecule has 0 fully saturated rings. The maximum atomic E-state index is 14.2. The molecule has 0 aliphatic heterocycles. The van der Waals surface area contributed by atoms with Gasteiger partial charge in [-0.15, -0.1) is 0 Å². The number of carbonyl (C=O) groups excluding carboxylic acids is 4. The van der Waals surface area contributed by atoms with Crippen molar-refractivity contribution in [1.82, 2.24) is 0 Å². The molecule has 4 rings (SSSR count). The molecule has 14 heteroatoms. The number of methoxy groups -OCH3 is 5. The molecule has 50 heavy (non-hydrogen) atoms. The zero-order valence-corrected chi connectivity index (χ0v) is 29.2. The predicted octanol–water partition coefficient (Wildman–Crippen LogP) is 5.76. The van der Waals surface area contributed by atoms with Crippen LogP contribution in [-0.4, -0.2) is 79.3 Å². The maximum absolute atomic E-state index is 14.2. The normalized spacial score (nSPS) is 10.7. The van der Waals surface area contributed by atoms with Crippen molar-refractivity contribution in [2.45, 2.75) is 30.6 Å². The summed E-state index contributed by atoms with van der Waals surface area (Å²) >= 11 is 0.467. The number of hydrogen-bond donors (Lipinski definition) is 4. The minimum absolute atomic E-state index is 0.00921.